The predicted molar refractivity (Wildman–Crippen MR) is 143 cm³/mol. The molecule has 220 valence electrons. The molecule has 2 amide bonds. The third-order valence-electron chi connectivity index (χ3n) is 6.71. The van der Waals surface area contributed by atoms with Gasteiger partial charge < -0.3 is 14.9 Å². The molecule has 1 fully saturated rings. The molecule has 5 rings (SSSR count). The Morgan fingerprint density at radius 3 is 2.48 bits per heavy atom. The van der Waals surface area contributed by atoms with Crippen LogP contribution in [-0.2, 0) is 17.9 Å². The van der Waals surface area contributed by atoms with Crippen LogP contribution >= 0.6 is 11.6 Å². The molecule has 3 heterocycles. The van der Waals surface area contributed by atoms with E-state index in [1.54, 1.807) is 36.2 Å². The van der Waals surface area contributed by atoms with Gasteiger partial charge in [-0.15, -0.1) is 10.2 Å². The zero-order valence-corrected chi connectivity index (χ0v) is 22.8. The maximum absolute atomic E-state index is 13.3. The average molecular weight is 605 g/mol. The molecule has 42 heavy (non-hydrogen) atoms. The molecule has 0 radical (unpaired) electrons. The number of carbonyl (C=O) groups is 2. The molecule has 0 saturated carbocycles. The van der Waals surface area contributed by atoms with Crippen LogP contribution in [0.15, 0.2) is 59.7 Å². The molecule has 2 aromatic carbocycles. The monoisotopic (exact) mass is 604 g/mol. The van der Waals surface area contributed by atoms with Crippen LogP contribution in [0.1, 0.15) is 16.2 Å². The molecule has 0 bridgehead atoms. The van der Waals surface area contributed by atoms with Crippen LogP contribution in [0.5, 0.6) is 0 Å². The van der Waals surface area contributed by atoms with Gasteiger partial charge in [-0.1, -0.05) is 23.7 Å². The maximum Gasteiger partial charge on any atom is 0.416 e. The van der Waals surface area contributed by atoms with E-state index in [0.29, 0.717) is 29.4 Å². The summed E-state index contributed by atoms with van der Waals surface area (Å²) >= 11 is 5.92. The molecule has 1 atom stereocenters. The summed E-state index contributed by atoms with van der Waals surface area (Å²) in [6.07, 6.45) is -6.44. The van der Waals surface area contributed by atoms with Crippen molar-refractivity contribution in [3.05, 3.63) is 81.8 Å². The highest BCUT2D eigenvalue weighted by Gasteiger charge is 2.39. The Morgan fingerprint density at radius 1 is 1.07 bits per heavy atom. The Morgan fingerprint density at radius 2 is 1.79 bits per heavy atom. The lowest BCUT2D eigenvalue weighted by atomic mass is 10.1. The number of alkyl halides is 3. The largest absolute Gasteiger partial charge is 0.416 e. The molecule has 1 aliphatic rings. The Balaban J connectivity index is 1.44. The second kappa shape index (κ2) is 11.4. The smallest absolute Gasteiger partial charge is 0.382 e. The van der Waals surface area contributed by atoms with Crippen molar-refractivity contribution < 1.29 is 27.9 Å². The summed E-state index contributed by atoms with van der Waals surface area (Å²) < 4.78 is 42.4. The standard InChI is InChI=1S/C26H24ClF3N8O4/c1-34-10-11-35(14-22(34)40)24(41)18-4-2-3-5-19(18)38-15-31-21(32-38)13-37-25(42)36(12-20(39)26(28,29)30)23(33-37)16-6-8-17(27)9-7-16/h2-9,15,20,39H,10-14H2,1H3. The van der Waals surface area contributed by atoms with Gasteiger partial charge in [0.25, 0.3) is 5.91 Å². The Kier molecular flexibility index (Phi) is 7.88. The number of aromatic nitrogens is 6. The van der Waals surface area contributed by atoms with E-state index in [1.807, 2.05) is 0 Å². The third kappa shape index (κ3) is 5.92. The number of carbonyl (C=O) groups excluding carboxylic acids is 2. The minimum Gasteiger partial charge on any atom is -0.382 e. The van der Waals surface area contributed by atoms with Gasteiger partial charge in [-0.2, -0.15) is 13.2 Å². The van der Waals surface area contributed by atoms with Gasteiger partial charge in [-0.3, -0.25) is 14.2 Å². The van der Waals surface area contributed by atoms with Crippen molar-refractivity contribution in [2.24, 2.45) is 0 Å². The van der Waals surface area contributed by atoms with E-state index >= 15 is 0 Å². The molecule has 16 heteroatoms. The first-order valence-electron chi connectivity index (χ1n) is 12.6. The molecule has 4 aromatic rings. The van der Waals surface area contributed by atoms with E-state index in [2.05, 4.69) is 15.2 Å². The van der Waals surface area contributed by atoms with Crippen LogP contribution in [-0.4, -0.2) is 94.8 Å². The maximum atomic E-state index is 13.3. The van der Waals surface area contributed by atoms with Gasteiger partial charge in [0.05, 0.1) is 17.8 Å². The van der Waals surface area contributed by atoms with Crippen molar-refractivity contribution in [2.75, 3.05) is 26.7 Å². The molecule has 1 N–H and O–H groups in total. The van der Waals surface area contributed by atoms with Crippen LogP contribution in [0, 0.1) is 0 Å². The fourth-order valence-electron chi connectivity index (χ4n) is 4.37. The summed E-state index contributed by atoms with van der Waals surface area (Å²) in [6, 6.07) is 12.6. The topological polar surface area (TPSA) is 131 Å². The lowest BCUT2D eigenvalue weighted by Crippen LogP contribution is -2.50. The summed E-state index contributed by atoms with van der Waals surface area (Å²) in [5.41, 5.74) is 0.0346. The van der Waals surface area contributed by atoms with Crippen molar-refractivity contribution in [3.63, 3.8) is 0 Å². The van der Waals surface area contributed by atoms with Crippen molar-refractivity contribution in [3.8, 4) is 17.1 Å². The zero-order chi connectivity index (χ0) is 30.2. The molecule has 2 aromatic heterocycles. The number of piperazine rings is 1. The van der Waals surface area contributed by atoms with Crippen LogP contribution in [0.25, 0.3) is 17.1 Å². The second-order valence-electron chi connectivity index (χ2n) is 9.60. The average Bonchev–Trinajstić information content (AvgIpc) is 3.54. The second-order valence-corrected chi connectivity index (χ2v) is 10.0. The van der Waals surface area contributed by atoms with Gasteiger partial charge in [-0.25, -0.2) is 19.1 Å². The SMILES string of the molecule is CN1CCN(C(=O)c2ccccc2-n2cnc(Cn3nc(-c4ccc(Cl)cc4)n(CC(O)C(F)(F)F)c3=O)n2)CC1=O. The Bertz CT molecular complexity index is 1680. The molecular weight excluding hydrogens is 581 g/mol. The number of hydrogen-bond donors (Lipinski definition) is 1. The quantitative estimate of drug-likeness (QED) is 0.340. The zero-order valence-electron chi connectivity index (χ0n) is 22.1. The van der Waals surface area contributed by atoms with E-state index in [-0.39, 0.29) is 42.1 Å². The lowest BCUT2D eigenvalue weighted by Gasteiger charge is -2.32. The first-order valence-corrected chi connectivity index (χ1v) is 13.0. The number of amides is 2. The van der Waals surface area contributed by atoms with Gasteiger partial charge >= 0.3 is 11.9 Å². The third-order valence-corrected chi connectivity index (χ3v) is 6.97. The summed E-state index contributed by atoms with van der Waals surface area (Å²) in [6.45, 7) is -0.684. The number of nitrogens with zero attached hydrogens (tertiary/aromatic N) is 8. The Hall–Kier alpha value is -4.50. The minimum atomic E-state index is -4.96. The first-order chi connectivity index (χ1) is 19.9. The Labute approximate surface area is 241 Å². The normalized spacial score (nSPS) is 14.9. The fourth-order valence-corrected chi connectivity index (χ4v) is 4.50. The summed E-state index contributed by atoms with van der Waals surface area (Å²) in [5, 5.41) is 18.6. The highest BCUT2D eigenvalue weighted by atomic mass is 35.5. The van der Waals surface area contributed by atoms with Crippen molar-refractivity contribution >= 4 is 23.4 Å². The summed E-state index contributed by atoms with van der Waals surface area (Å²) in [7, 11) is 1.67. The van der Waals surface area contributed by atoms with Crippen LogP contribution in [0.4, 0.5) is 13.2 Å². The lowest BCUT2D eigenvalue weighted by molar-refractivity contribution is -0.207. The molecule has 1 aliphatic heterocycles. The van der Waals surface area contributed by atoms with E-state index in [1.165, 1.54) is 40.2 Å². The predicted octanol–water partition coefficient (Wildman–Crippen LogP) is 1.83. The highest BCUT2D eigenvalue weighted by molar-refractivity contribution is 6.30. The summed E-state index contributed by atoms with van der Waals surface area (Å²) in [5.74, 6) is -0.578. The number of halogens is 4. The van der Waals surface area contributed by atoms with Crippen LogP contribution in [0.3, 0.4) is 0 Å². The fraction of sp³-hybridized carbons (Fsp3) is 0.308. The van der Waals surface area contributed by atoms with Gasteiger partial charge in [0, 0.05) is 30.7 Å². The van der Waals surface area contributed by atoms with E-state index < -0.39 is 24.5 Å². The molecule has 0 spiro atoms. The molecule has 1 saturated heterocycles. The van der Waals surface area contributed by atoms with Gasteiger partial charge in [0.15, 0.2) is 17.8 Å². The van der Waals surface area contributed by atoms with Crippen molar-refractivity contribution in [2.45, 2.75) is 25.4 Å². The van der Waals surface area contributed by atoms with Gasteiger partial charge in [0.1, 0.15) is 19.4 Å². The number of para-hydroxylation sites is 1. The molecule has 1 unspecified atom stereocenters. The minimum absolute atomic E-state index is 0.0587. The van der Waals surface area contributed by atoms with Gasteiger partial charge in [-0.05, 0) is 36.4 Å². The number of rotatable bonds is 7. The number of aliphatic hydroxyl groups is 1. The van der Waals surface area contributed by atoms with E-state index in [9.17, 15) is 32.7 Å². The van der Waals surface area contributed by atoms with E-state index in [0.717, 1.165) is 9.25 Å². The number of hydrogen-bond acceptors (Lipinski definition) is 7. The first kappa shape index (κ1) is 29.0. The number of aliphatic hydroxyl groups excluding tert-OH is 1. The van der Waals surface area contributed by atoms with Crippen LogP contribution in [0.2, 0.25) is 5.02 Å². The molecular formula is C26H24ClF3N8O4. The van der Waals surface area contributed by atoms with Crippen molar-refractivity contribution in [1.29, 1.82) is 0 Å². The van der Waals surface area contributed by atoms with Gasteiger partial charge in [0.2, 0.25) is 5.91 Å². The van der Waals surface area contributed by atoms with E-state index in [4.69, 9.17) is 11.6 Å². The number of likely N-dealkylation sites (N-methyl/N-ethyl adjacent to an activating group) is 1. The summed E-state index contributed by atoms with van der Waals surface area (Å²) in [4.78, 5) is 45.7. The molecule has 0 aliphatic carbocycles. The highest BCUT2D eigenvalue weighted by Crippen LogP contribution is 2.24. The van der Waals surface area contributed by atoms with Crippen LogP contribution < -0.4 is 5.69 Å². The van der Waals surface area contributed by atoms with Crippen molar-refractivity contribution in [1.82, 2.24) is 38.9 Å². The number of benzene rings is 2. The molecule has 12 nitrogen and oxygen atoms in total.